The molecular weight excluding hydrogens is 482 g/mol. The van der Waals surface area contributed by atoms with E-state index in [-0.39, 0.29) is 30.3 Å². The summed E-state index contributed by atoms with van der Waals surface area (Å²) in [5.41, 5.74) is 2.60. The van der Waals surface area contributed by atoms with E-state index in [0.29, 0.717) is 36.8 Å². The number of fused-ring (bicyclic) bond motifs is 1. The molecule has 2 aliphatic rings. The Labute approximate surface area is 209 Å². The van der Waals surface area contributed by atoms with Gasteiger partial charge < -0.3 is 4.90 Å². The molecule has 2 fully saturated rings. The van der Waals surface area contributed by atoms with Crippen LogP contribution in [0.5, 0.6) is 0 Å². The van der Waals surface area contributed by atoms with Crippen molar-refractivity contribution in [2.45, 2.75) is 6.04 Å². The summed E-state index contributed by atoms with van der Waals surface area (Å²) in [6, 6.07) is 15.8. The van der Waals surface area contributed by atoms with E-state index in [1.165, 1.54) is 16.2 Å². The maximum absolute atomic E-state index is 13.1. The van der Waals surface area contributed by atoms with E-state index in [2.05, 4.69) is 9.88 Å². The number of amides is 3. The number of carbonyl (C=O) groups is 3. The second-order valence-electron chi connectivity index (χ2n) is 8.59. The third-order valence-corrected chi connectivity index (χ3v) is 8.26. The molecule has 3 amide bonds. The van der Waals surface area contributed by atoms with Crippen LogP contribution in [0.15, 0.2) is 60.1 Å². The Morgan fingerprint density at radius 1 is 1.00 bits per heavy atom. The average Bonchev–Trinajstić information content (AvgIpc) is 3.53. The molecule has 2 saturated heterocycles. The van der Waals surface area contributed by atoms with Crippen LogP contribution in [-0.2, 0) is 4.79 Å². The summed E-state index contributed by atoms with van der Waals surface area (Å²) in [6.45, 7) is 2.27. The fourth-order valence-electron chi connectivity index (χ4n) is 4.46. The summed E-state index contributed by atoms with van der Waals surface area (Å²) in [5, 5.41) is 3.00. The van der Waals surface area contributed by atoms with Crippen molar-refractivity contribution in [3.63, 3.8) is 0 Å². The first-order valence-electron chi connectivity index (χ1n) is 11.3. The SMILES string of the molecule is O=C(c1ccc2nc(-c3ccccc3)sc2c1)N1CC(N2CCN(C(=O)c3nccs3)C(=O)C2)C1. The molecule has 0 radical (unpaired) electrons. The Kier molecular flexibility index (Phi) is 5.63. The number of piperazine rings is 1. The maximum Gasteiger partial charge on any atom is 0.289 e. The van der Waals surface area contributed by atoms with Crippen molar-refractivity contribution in [1.82, 2.24) is 24.7 Å². The molecule has 0 atom stereocenters. The van der Waals surface area contributed by atoms with E-state index >= 15 is 0 Å². The standard InChI is InChI=1S/C25H21N5O3S2/c31-21-15-28(9-10-30(21)25(33)23-26-8-11-34-23)18-13-29(14-18)24(32)17-6-7-19-20(12-17)35-22(27-19)16-4-2-1-3-5-16/h1-8,11-12,18H,9-10,13-15H2. The summed E-state index contributed by atoms with van der Waals surface area (Å²) in [7, 11) is 0. The Hall–Kier alpha value is -3.47. The zero-order valence-electron chi connectivity index (χ0n) is 18.7. The van der Waals surface area contributed by atoms with E-state index in [9.17, 15) is 14.4 Å². The first-order valence-corrected chi connectivity index (χ1v) is 13.0. The number of hydrogen-bond acceptors (Lipinski definition) is 8. The van der Waals surface area contributed by atoms with Gasteiger partial charge in [-0.25, -0.2) is 9.97 Å². The van der Waals surface area contributed by atoms with Gasteiger partial charge in [-0.05, 0) is 18.2 Å². The summed E-state index contributed by atoms with van der Waals surface area (Å²) < 4.78 is 0.985. The largest absolute Gasteiger partial charge is 0.335 e. The number of hydrogen-bond donors (Lipinski definition) is 0. The molecule has 10 heteroatoms. The average molecular weight is 504 g/mol. The van der Waals surface area contributed by atoms with Gasteiger partial charge in [0, 0.05) is 54.9 Å². The lowest BCUT2D eigenvalue weighted by Gasteiger charge is -2.47. The van der Waals surface area contributed by atoms with Gasteiger partial charge in [0.05, 0.1) is 16.8 Å². The zero-order valence-corrected chi connectivity index (χ0v) is 20.3. The first kappa shape index (κ1) is 22.0. The molecule has 2 aliphatic heterocycles. The normalized spacial score (nSPS) is 17.1. The second kappa shape index (κ2) is 8.95. The van der Waals surface area contributed by atoms with Crippen molar-refractivity contribution in [2.24, 2.45) is 0 Å². The number of likely N-dealkylation sites (tertiary alicyclic amines) is 1. The smallest absolute Gasteiger partial charge is 0.289 e. The van der Waals surface area contributed by atoms with Gasteiger partial charge in [-0.3, -0.25) is 24.2 Å². The highest BCUT2D eigenvalue weighted by Crippen LogP contribution is 2.31. The van der Waals surface area contributed by atoms with E-state index in [0.717, 1.165) is 20.8 Å². The van der Waals surface area contributed by atoms with Crippen molar-refractivity contribution in [3.8, 4) is 10.6 Å². The minimum Gasteiger partial charge on any atom is -0.335 e. The summed E-state index contributed by atoms with van der Waals surface area (Å²) in [6.07, 6.45) is 1.56. The first-order chi connectivity index (χ1) is 17.1. The van der Waals surface area contributed by atoms with Gasteiger partial charge in [0.15, 0.2) is 5.01 Å². The Morgan fingerprint density at radius 3 is 2.57 bits per heavy atom. The molecule has 0 aliphatic carbocycles. The topological polar surface area (TPSA) is 86.7 Å². The van der Waals surface area contributed by atoms with Crippen LogP contribution >= 0.6 is 22.7 Å². The molecular formula is C25H21N5O3S2. The van der Waals surface area contributed by atoms with Gasteiger partial charge in [0.2, 0.25) is 5.91 Å². The molecule has 2 aromatic carbocycles. The predicted molar refractivity (Wildman–Crippen MR) is 134 cm³/mol. The van der Waals surface area contributed by atoms with Crippen LogP contribution in [0.25, 0.3) is 20.8 Å². The fourth-order valence-corrected chi connectivity index (χ4v) is 6.05. The molecule has 8 nitrogen and oxygen atoms in total. The summed E-state index contributed by atoms with van der Waals surface area (Å²) in [4.78, 5) is 52.0. The highest BCUT2D eigenvalue weighted by Gasteiger charge is 2.39. The Morgan fingerprint density at radius 2 is 1.83 bits per heavy atom. The molecule has 4 heterocycles. The molecule has 4 aromatic rings. The highest BCUT2D eigenvalue weighted by molar-refractivity contribution is 7.21. The van der Waals surface area contributed by atoms with Crippen LogP contribution in [0.2, 0.25) is 0 Å². The molecule has 0 unspecified atom stereocenters. The lowest BCUT2D eigenvalue weighted by Crippen LogP contribution is -2.65. The van der Waals surface area contributed by atoms with E-state index < -0.39 is 0 Å². The van der Waals surface area contributed by atoms with E-state index in [4.69, 9.17) is 4.98 Å². The van der Waals surface area contributed by atoms with Gasteiger partial charge in [-0.15, -0.1) is 22.7 Å². The second-order valence-corrected chi connectivity index (χ2v) is 10.5. The van der Waals surface area contributed by atoms with Crippen LogP contribution in [0, 0.1) is 0 Å². The Balaban J connectivity index is 1.08. The monoisotopic (exact) mass is 503 g/mol. The number of thiazole rings is 2. The maximum atomic E-state index is 13.1. The number of imide groups is 1. The third kappa shape index (κ3) is 4.13. The van der Waals surface area contributed by atoms with Crippen molar-refractivity contribution in [1.29, 1.82) is 0 Å². The number of nitrogens with zero attached hydrogens (tertiary/aromatic N) is 5. The lowest BCUT2D eigenvalue weighted by molar-refractivity contribution is -0.135. The van der Waals surface area contributed by atoms with Gasteiger partial charge in [0.25, 0.3) is 11.8 Å². The van der Waals surface area contributed by atoms with Gasteiger partial charge >= 0.3 is 0 Å². The van der Waals surface area contributed by atoms with Crippen LogP contribution in [0.1, 0.15) is 20.2 Å². The number of rotatable bonds is 4. The van der Waals surface area contributed by atoms with Crippen LogP contribution in [-0.4, -0.2) is 81.2 Å². The lowest BCUT2D eigenvalue weighted by atomic mass is 10.0. The van der Waals surface area contributed by atoms with E-state index in [1.807, 2.05) is 53.4 Å². The quantitative estimate of drug-likeness (QED) is 0.398. The third-order valence-electron chi connectivity index (χ3n) is 6.43. The molecule has 6 rings (SSSR count). The van der Waals surface area contributed by atoms with Gasteiger partial charge in [-0.2, -0.15) is 0 Å². The van der Waals surface area contributed by atoms with Crippen LogP contribution < -0.4 is 0 Å². The van der Waals surface area contributed by atoms with Crippen molar-refractivity contribution in [2.75, 3.05) is 32.7 Å². The molecule has 2 aromatic heterocycles. The molecule has 0 N–H and O–H groups in total. The summed E-state index contributed by atoms with van der Waals surface area (Å²) in [5.74, 6) is -0.559. The van der Waals surface area contributed by atoms with Crippen molar-refractivity contribution >= 4 is 50.6 Å². The van der Waals surface area contributed by atoms with Crippen molar-refractivity contribution < 1.29 is 14.4 Å². The van der Waals surface area contributed by atoms with Gasteiger partial charge in [0.1, 0.15) is 5.01 Å². The molecule has 35 heavy (non-hydrogen) atoms. The zero-order chi connectivity index (χ0) is 23.9. The van der Waals surface area contributed by atoms with Crippen LogP contribution in [0.3, 0.4) is 0 Å². The number of aromatic nitrogens is 2. The predicted octanol–water partition coefficient (Wildman–Crippen LogP) is 3.23. The van der Waals surface area contributed by atoms with Crippen molar-refractivity contribution in [3.05, 3.63) is 70.7 Å². The fraction of sp³-hybridized carbons (Fsp3) is 0.240. The molecule has 0 bridgehead atoms. The number of carbonyl (C=O) groups excluding carboxylic acids is 3. The van der Waals surface area contributed by atoms with Gasteiger partial charge in [-0.1, -0.05) is 30.3 Å². The minimum atomic E-state index is -0.330. The molecule has 0 spiro atoms. The molecule has 0 saturated carbocycles. The minimum absolute atomic E-state index is 0.0123. The molecule has 176 valence electrons. The highest BCUT2D eigenvalue weighted by atomic mass is 32.1. The number of benzene rings is 2. The summed E-state index contributed by atoms with van der Waals surface area (Å²) >= 11 is 2.82. The Bertz CT molecular complexity index is 1410. The van der Waals surface area contributed by atoms with Crippen LogP contribution in [0.4, 0.5) is 0 Å². The van der Waals surface area contributed by atoms with E-state index in [1.54, 1.807) is 22.9 Å².